The van der Waals surface area contributed by atoms with Crippen molar-refractivity contribution in [3.8, 4) is 0 Å². The van der Waals surface area contributed by atoms with Crippen molar-refractivity contribution in [1.29, 1.82) is 0 Å². The van der Waals surface area contributed by atoms with Crippen molar-refractivity contribution >= 4 is 11.0 Å². The SMILES string of the molecule is CC1(NCc2coc3ccccc23)CCOCC1. The van der Waals surface area contributed by atoms with Crippen LogP contribution in [0.15, 0.2) is 34.9 Å². The van der Waals surface area contributed by atoms with Gasteiger partial charge in [-0.05, 0) is 25.8 Å². The summed E-state index contributed by atoms with van der Waals surface area (Å²) in [5, 5.41) is 4.86. The van der Waals surface area contributed by atoms with Gasteiger partial charge in [0, 0.05) is 36.2 Å². The lowest BCUT2D eigenvalue weighted by molar-refractivity contribution is 0.0446. The van der Waals surface area contributed by atoms with Gasteiger partial charge in [0.1, 0.15) is 5.58 Å². The lowest BCUT2D eigenvalue weighted by Crippen LogP contribution is -2.46. The van der Waals surface area contributed by atoms with E-state index in [4.69, 9.17) is 9.15 Å². The van der Waals surface area contributed by atoms with Crippen molar-refractivity contribution in [2.45, 2.75) is 31.8 Å². The minimum Gasteiger partial charge on any atom is -0.464 e. The van der Waals surface area contributed by atoms with Gasteiger partial charge in [0.15, 0.2) is 0 Å². The smallest absolute Gasteiger partial charge is 0.134 e. The zero-order chi connectivity index (χ0) is 12.4. The average molecular weight is 245 g/mol. The molecule has 0 atom stereocenters. The Hall–Kier alpha value is -1.32. The summed E-state index contributed by atoms with van der Waals surface area (Å²) in [5.74, 6) is 0. The fourth-order valence-corrected chi connectivity index (χ4v) is 2.48. The van der Waals surface area contributed by atoms with Gasteiger partial charge in [0.05, 0.1) is 6.26 Å². The average Bonchev–Trinajstić information content (AvgIpc) is 2.81. The summed E-state index contributed by atoms with van der Waals surface area (Å²) in [5.41, 5.74) is 2.39. The first-order chi connectivity index (χ1) is 8.77. The summed E-state index contributed by atoms with van der Waals surface area (Å²) in [4.78, 5) is 0. The van der Waals surface area contributed by atoms with Crippen LogP contribution in [0.4, 0.5) is 0 Å². The second-order valence-corrected chi connectivity index (χ2v) is 5.28. The van der Waals surface area contributed by atoms with E-state index in [2.05, 4.69) is 24.4 Å². The molecule has 0 amide bonds. The standard InChI is InChI=1S/C15H19NO2/c1-15(6-8-17-9-7-15)16-10-12-11-18-14-5-3-2-4-13(12)14/h2-5,11,16H,6-10H2,1H3. The van der Waals surface area contributed by atoms with E-state index >= 15 is 0 Å². The van der Waals surface area contributed by atoms with Gasteiger partial charge < -0.3 is 14.5 Å². The maximum Gasteiger partial charge on any atom is 0.134 e. The number of fused-ring (bicyclic) bond motifs is 1. The Morgan fingerprint density at radius 1 is 1.22 bits per heavy atom. The molecule has 1 fully saturated rings. The van der Waals surface area contributed by atoms with E-state index in [1.807, 2.05) is 18.4 Å². The van der Waals surface area contributed by atoms with E-state index in [0.29, 0.717) is 0 Å². The van der Waals surface area contributed by atoms with E-state index < -0.39 is 0 Å². The topological polar surface area (TPSA) is 34.4 Å². The quantitative estimate of drug-likeness (QED) is 0.902. The number of para-hydroxylation sites is 1. The van der Waals surface area contributed by atoms with Crippen molar-refractivity contribution in [1.82, 2.24) is 5.32 Å². The van der Waals surface area contributed by atoms with Gasteiger partial charge in [0.25, 0.3) is 0 Å². The van der Waals surface area contributed by atoms with Crippen LogP contribution in [0.25, 0.3) is 11.0 Å². The van der Waals surface area contributed by atoms with Gasteiger partial charge in [-0.25, -0.2) is 0 Å². The lowest BCUT2D eigenvalue weighted by Gasteiger charge is -2.34. The Labute approximate surface area is 107 Å². The summed E-state index contributed by atoms with van der Waals surface area (Å²) in [6.07, 6.45) is 4.01. The van der Waals surface area contributed by atoms with Gasteiger partial charge >= 0.3 is 0 Å². The van der Waals surface area contributed by atoms with Crippen LogP contribution in [0, 0.1) is 0 Å². The third-order valence-electron chi connectivity index (χ3n) is 3.86. The highest BCUT2D eigenvalue weighted by atomic mass is 16.5. The molecule has 1 saturated heterocycles. The molecule has 3 rings (SSSR count). The number of benzene rings is 1. The van der Waals surface area contributed by atoms with Gasteiger partial charge in [-0.1, -0.05) is 18.2 Å². The second kappa shape index (κ2) is 4.75. The fourth-order valence-electron chi connectivity index (χ4n) is 2.48. The number of ether oxygens (including phenoxy) is 1. The maximum absolute atomic E-state index is 5.56. The van der Waals surface area contributed by atoms with Gasteiger partial charge in [0.2, 0.25) is 0 Å². The van der Waals surface area contributed by atoms with Crippen LogP contribution in [-0.4, -0.2) is 18.8 Å². The summed E-state index contributed by atoms with van der Waals surface area (Å²) in [7, 11) is 0. The first-order valence-electron chi connectivity index (χ1n) is 6.55. The molecule has 2 aromatic rings. The molecule has 2 heterocycles. The van der Waals surface area contributed by atoms with Crippen molar-refractivity contribution in [2.75, 3.05) is 13.2 Å². The Morgan fingerprint density at radius 2 is 2.00 bits per heavy atom. The molecule has 1 N–H and O–H groups in total. The third-order valence-corrected chi connectivity index (χ3v) is 3.86. The number of hydrogen-bond acceptors (Lipinski definition) is 3. The van der Waals surface area contributed by atoms with Crippen LogP contribution in [0.1, 0.15) is 25.3 Å². The van der Waals surface area contributed by atoms with Crippen molar-refractivity contribution in [3.63, 3.8) is 0 Å². The molecule has 1 aliphatic rings. The Balaban J connectivity index is 1.73. The molecule has 1 aromatic heterocycles. The zero-order valence-electron chi connectivity index (χ0n) is 10.7. The Bertz CT molecular complexity index is 526. The maximum atomic E-state index is 5.56. The van der Waals surface area contributed by atoms with Gasteiger partial charge in [-0.15, -0.1) is 0 Å². The third kappa shape index (κ3) is 2.28. The molecular weight excluding hydrogens is 226 g/mol. The van der Waals surface area contributed by atoms with Crippen LogP contribution in [0.2, 0.25) is 0 Å². The molecule has 18 heavy (non-hydrogen) atoms. The van der Waals surface area contributed by atoms with E-state index in [1.165, 1.54) is 10.9 Å². The normalized spacial score (nSPS) is 19.2. The lowest BCUT2D eigenvalue weighted by atomic mass is 9.92. The van der Waals surface area contributed by atoms with E-state index in [1.54, 1.807) is 0 Å². The number of hydrogen-bond donors (Lipinski definition) is 1. The van der Waals surface area contributed by atoms with Gasteiger partial charge in [-0.3, -0.25) is 0 Å². The summed E-state index contributed by atoms with van der Waals surface area (Å²) >= 11 is 0. The number of rotatable bonds is 3. The minimum absolute atomic E-state index is 0.191. The Kier molecular flexibility index (Phi) is 3.10. The first-order valence-corrected chi connectivity index (χ1v) is 6.55. The van der Waals surface area contributed by atoms with Crippen LogP contribution < -0.4 is 5.32 Å². The second-order valence-electron chi connectivity index (χ2n) is 5.28. The monoisotopic (exact) mass is 245 g/mol. The first kappa shape index (κ1) is 11.8. The number of nitrogens with one attached hydrogen (secondary N) is 1. The molecular formula is C15H19NO2. The molecule has 96 valence electrons. The highest BCUT2D eigenvalue weighted by Crippen LogP contribution is 2.24. The van der Waals surface area contributed by atoms with Crippen molar-refractivity contribution < 1.29 is 9.15 Å². The molecule has 0 bridgehead atoms. The zero-order valence-corrected chi connectivity index (χ0v) is 10.7. The predicted molar refractivity (Wildman–Crippen MR) is 71.5 cm³/mol. The number of furan rings is 1. The highest BCUT2D eigenvalue weighted by Gasteiger charge is 2.26. The molecule has 0 aliphatic carbocycles. The fraction of sp³-hybridized carbons (Fsp3) is 0.467. The largest absolute Gasteiger partial charge is 0.464 e. The Morgan fingerprint density at radius 3 is 2.83 bits per heavy atom. The van der Waals surface area contributed by atoms with Crippen LogP contribution in [0.3, 0.4) is 0 Å². The molecule has 0 spiro atoms. The minimum atomic E-state index is 0.191. The molecule has 0 saturated carbocycles. The molecule has 3 nitrogen and oxygen atoms in total. The molecule has 0 unspecified atom stereocenters. The van der Waals surface area contributed by atoms with E-state index in [9.17, 15) is 0 Å². The van der Waals surface area contributed by atoms with Crippen LogP contribution in [-0.2, 0) is 11.3 Å². The van der Waals surface area contributed by atoms with Crippen LogP contribution >= 0.6 is 0 Å². The van der Waals surface area contributed by atoms with Crippen LogP contribution in [0.5, 0.6) is 0 Å². The molecule has 1 aromatic carbocycles. The molecule has 1 aliphatic heterocycles. The summed E-state index contributed by atoms with van der Waals surface area (Å²) in [6.45, 7) is 4.84. The van der Waals surface area contributed by atoms with E-state index in [0.717, 1.165) is 38.2 Å². The van der Waals surface area contributed by atoms with Gasteiger partial charge in [-0.2, -0.15) is 0 Å². The van der Waals surface area contributed by atoms with E-state index in [-0.39, 0.29) is 5.54 Å². The van der Waals surface area contributed by atoms with Crippen molar-refractivity contribution in [2.24, 2.45) is 0 Å². The molecule has 3 heteroatoms. The predicted octanol–water partition coefficient (Wildman–Crippen LogP) is 3.09. The highest BCUT2D eigenvalue weighted by molar-refractivity contribution is 5.80. The summed E-state index contributed by atoms with van der Waals surface area (Å²) < 4.78 is 11.0. The summed E-state index contributed by atoms with van der Waals surface area (Å²) in [6, 6.07) is 8.18. The van der Waals surface area contributed by atoms with Crippen molar-refractivity contribution in [3.05, 3.63) is 36.1 Å². The molecule has 0 radical (unpaired) electrons.